The highest BCUT2D eigenvalue weighted by Gasteiger charge is 2.25. The zero-order valence-corrected chi connectivity index (χ0v) is 12.3. The first-order valence-electron chi connectivity index (χ1n) is 6.83. The summed E-state index contributed by atoms with van der Waals surface area (Å²) >= 11 is 0. The summed E-state index contributed by atoms with van der Waals surface area (Å²) < 4.78 is 5.68. The molecule has 1 aliphatic heterocycles. The lowest BCUT2D eigenvalue weighted by Crippen LogP contribution is -2.45. The van der Waals surface area contributed by atoms with Gasteiger partial charge in [-0.2, -0.15) is 0 Å². The van der Waals surface area contributed by atoms with Crippen molar-refractivity contribution in [3.05, 3.63) is 28.3 Å². The molecular formula is C14H19N3O4. The van der Waals surface area contributed by atoms with Crippen LogP contribution in [0.15, 0.2) is 18.2 Å². The zero-order chi connectivity index (χ0) is 15.6. The van der Waals surface area contributed by atoms with Crippen LogP contribution in [-0.2, 0) is 9.53 Å². The Morgan fingerprint density at radius 1 is 1.38 bits per heavy atom. The van der Waals surface area contributed by atoms with Gasteiger partial charge in [0.1, 0.15) is 0 Å². The van der Waals surface area contributed by atoms with Crippen molar-refractivity contribution < 1.29 is 14.5 Å². The van der Waals surface area contributed by atoms with Crippen molar-refractivity contribution in [3.8, 4) is 0 Å². The first-order chi connectivity index (χ1) is 9.86. The van der Waals surface area contributed by atoms with Gasteiger partial charge in [-0.25, -0.2) is 0 Å². The summed E-state index contributed by atoms with van der Waals surface area (Å²) in [6.07, 6.45) is 0.128. The molecule has 0 radical (unpaired) electrons. The maximum Gasteiger partial charge on any atom is 0.271 e. The molecule has 21 heavy (non-hydrogen) atoms. The van der Waals surface area contributed by atoms with E-state index in [1.165, 1.54) is 19.1 Å². The number of anilines is 2. The maximum absolute atomic E-state index is 11.3. The van der Waals surface area contributed by atoms with Crippen molar-refractivity contribution in [2.75, 3.05) is 23.3 Å². The van der Waals surface area contributed by atoms with Gasteiger partial charge >= 0.3 is 0 Å². The minimum Gasteiger partial charge on any atom is -0.372 e. The number of hydrogen-bond acceptors (Lipinski definition) is 5. The monoisotopic (exact) mass is 293 g/mol. The second-order valence-electron chi connectivity index (χ2n) is 5.30. The summed E-state index contributed by atoms with van der Waals surface area (Å²) in [6, 6.07) is 4.52. The molecule has 114 valence electrons. The van der Waals surface area contributed by atoms with Crippen molar-refractivity contribution in [3.63, 3.8) is 0 Å². The number of carbonyl (C=O) groups excluding carboxylic acids is 1. The lowest BCUT2D eigenvalue weighted by Gasteiger charge is -2.37. The van der Waals surface area contributed by atoms with Gasteiger partial charge < -0.3 is 15.0 Å². The van der Waals surface area contributed by atoms with Crippen LogP contribution in [0.1, 0.15) is 20.8 Å². The molecule has 2 atom stereocenters. The molecule has 1 fully saturated rings. The molecule has 1 saturated heterocycles. The zero-order valence-electron chi connectivity index (χ0n) is 12.3. The van der Waals surface area contributed by atoms with Crippen molar-refractivity contribution in [2.45, 2.75) is 33.0 Å². The fraction of sp³-hybridized carbons (Fsp3) is 0.500. The molecule has 2 rings (SSSR count). The number of non-ortho nitro benzene ring substituents is 1. The minimum atomic E-state index is -0.473. The average Bonchev–Trinajstić information content (AvgIpc) is 2.36. The number of benzene rings is 1. The summed E-state index contributed by atoms with van der Waals surface area (Å²) in [4.78, 5) is 23.8. The normalized spacial score (nSPS) is 22.0. The number of nitrogens with zero attached hydrogens (tertiary/aromatic N) is 2. The smallest absolute Gasteiger partial charge is 0.271 e. The third kappa shape index (κ3) is 3.69. The SMILES string of the molecule is CC(=O)Nc1cc([N+](=O)[O-])ccc1N1CC(C)OC(C)C1. The largest absolute Gasteiger partial charge is 0.372 e. The Morgan fingerprint density at radius 3 is 2.52 bits per heavy atom. The summed E-state index contributed by atoms with van der Waals surface area (Å²) in [7, 11) is 0. The van der Waals surface area contributed by atoms with Crippen LogP contribution >= 0.6 is 0 Å². The molecule has 1 aromatic rings. The second kappa shape index (κ2) is 6.09. The van der Waals surface area contributed by atoms with Gasteiger partial charge in [-0.05, 0) is 19.9 Å². The fourth-order valence-electron chi connectivity index (χ4n) is 2.58. The van der Waals surface area contributed by atoms with Crippen LogP contribution in [0, 0.1) is 10.1 Å². The van der Waals surface area contributed by atoms with Gasteiger partial charge in [0.05, 0.1) is 28.5 Å². The maximum atomic E-state index is 11.3. The Hall–Kier alpha value is -2.15. The highest BCUT2D eigenvalue weighted by Crippen LogP contribution is 2.32. The van der Waals surface area contributed by atoms with Gasteiger partial charge in [0.2, 0.25) is 5.91 Å². The van der Waals surface area contributed by atoms with Gasteiger partial charge in [0.25, 0.3) is 5.69 Å². The number of hydrogen-bond donors (Lipinski definition) is 1. The van der Waals surface area contributed by atoms with E-state index in [-0.39, 0.29) is 23.8 Å². The topological polar surface area (TPSA) is 84.7 Å². The van der Waals surface area contributed by atoms with Crippen LogP contribution in [0.2, 0.25) is 0 Å². The van der Waals surface area contributed by atoms with E-state index in [4.69, 9.17) is 4.74 Å². The molecule has 0 spiro atoms. The lowest BCUT2D eigenvalue weighted by atomic mass is 10.1. The molecule has 0 saturated carbocycles. The summed E-state index contributed by atoms with van der Waals surface area (Å²) in [5.41, 5.74) is 1.19. The quantitative estimate of drug-likeness (QED) is 0.682. The van der Waals surface area contributed by atoms with Crippen LogP contribution in [0.25, 0.3) is 0 Å². The second-order valence-corrected chi connectivity index (χ2v) is 5.30. The molecule has 0 aliphatic carbocycles. The Bertz CT molecular complexity index is 551. The summed E-state index contributed by atoms with van der Waals surface area (Å²) in [5, 5.41) is 13.6. The van der Waals surface area contributed by atoms with E-state index in [1.54, 1.807) is 6.07 Å². The predicted octanol–water partition coefficient (Wildman–Crippen LogP) is 2.17. The number of nitro benzene ring substituents is 1. The molecule has 1 amide bonds. The Kier molecular flexibility index (Phi) is 4.42. The third-order valence-electron chi connectivity index (χ3n) is 3.26. The number of nitrogens with one attached hydrogen (secondary N) is 1. The van der Waals surface area contributed by atoms with E-state index in [2.05, 4.69) is 10.2 Å². The first kappa shape index (κ1) is 15.2. The van der Waals surface area contributed by atoms with E-state index in [9.17, 15) is 14.9 Å². The highest BCUT2D eigenvalue weighted by atomic mass is 16.6. The fourth-order valence-corrected chi connectivity index (χ4v) is 2.58. The van der Waals surface area contributed by atoms with Gasteiger partial charge in [-0.3, -0.25) is 14.9 Å². The molecule has 1 heterocycles. The van der Waals surface area contributed by atoms with Crippen LogP contribution < -0.4 is 10.2 Å². The number of amides is 1. The minimum absolute atomic E-state index is 0.0446. The predicted molar refractivity (Wildman–Crippen MR) is 79.6 cm³/mol. The van der Waals surface area contributed by atoms with Gasteiger partial charge in [0.15, 0.2) is 0 Å². The van der Waals surface area contributed by atoms with E-state index < -0.39 is 4.92 Å². The van der Waals surface area contributed by atoms with Crippen molar-refractivity contribution in [2.24, 2.45) is 0 Å². The molecule has 0 aromatic heterocycles. The molecular weight excluding hydrogens is 274 g/mol. The van der Waals surface area contributed by atoms with E-state index in [0.29, 0.717) is 18.8 Å². The Labute approximate surface area is 123 Å². The van der Waals surface area contributed by atoms with Crippen LogP contribution in [0.4, 0.5) is 17.1 Å². The van der Waals surface area contributed by atoms with Gasteiger partial charge in [-0.1, -0.05) is 0 Å². The number of morpholine rings is 1. The summed E-state index contributed by atoms with van der Waals surface area (Å²) in [5.74, 6) is -0.258. The number of carbonyl (C=O) groups is 1. The Balaban J connectivity index is 2.36. The lowest BCUT2D eigenvalue weighted by molar-refractivity contribution is -0.384. The van der Waals surface area contributed by atoms with Crippen molar-refractivity contribution >= 4 is 23.0 Å². The van der Waals surface area contributed by atoms with E-state index in [0.717, 1.165) is 5.69 Å². The van der Waals surface area contributed by atoms with E-state index >= 15 is 0 Å². The summed E-state index contributed by atoms with van der Waals surface area (Å²) in [6.45, 7) is 6.69. The first-order valence-corrected chi connectivity index (χ1v) is 6.83. The molecule has 2 unspecified atom stereocenters. The number of nitro groups is 1. The molecule has 7 nitrogen and oxygen atoms in total. The van der Waals surface area contributed by atoms with Crippen molar-refractivity contribution in [1.29, 1.82) is 0 Å². The van der Waals surface area contributed by atoms with Crippen molar-refractivity contribution in [1.82, 2.24) is 0 Å². The van der Waals surface area contributed by atoms with Gasteiger partial charge in [-0.15, -0.1) is 0 Å². The standard InChI is InChI=1S/C14H19N3O4/c1-9-7-16(8-10(2)21-9)14-5-4-12(17(19)20)6-13(14)15-11(3)18/h4-6,9-10H,7-8H2,1-3H3,(H,15,18). The van der Waals surface area contributed by atoms with Crippen LogP contribution in [-0.4, -0.2) is 36.1 Å². The van der Waals surface area contributed by atoms with Gasteiger partial charge in [0, 0.05) is 32.1 Å². The highest BCUT2D eigenvalue weighted by molar-refractivity contribution is 5.93. The average molecular weight is 293 g/mol. The molecule has 0 bridgehead atoms. The third-order valence-corrected chi connectivity index (χ3v) is 3.26. The number of rotatable bonds is 3. The van der Waals surface area contributed by atoms with Crippen LogP contribution in [0.5, 0.6) is 0 Å². The molecule has 7 heteroatoms. The Morgan fingerprint density at radius 2 is 2.00 bits per heavy atom. The van der Waals surface area contributed by atoms with Crippen LogP contribution in [0.3, 0.4) is 0 Å². The molecule has 1 aliphatic rings. The molecule has 1 N–H and O–H groups in total. The molecule has 1 aromatic carbocycles. The number of ether oxygens (including phenoxy) is 1. The van der Waals surface area contributed by atoms with E-state index in [1.807, 2.05) is 13.8 Å².